The summed E-state index contributed by atoms with van der Waals surface area (Å²) in [5, 5.41) is 14.8. The van der Waals surface area contributed by atoms with Crippen LogP contribution in [0.4, 0.5) is 10.1 Å². The van der Waals surface area contributed by atoms with Crippen LogP contribution in [-0.2, 0) is 6.54 Å². The summed E-state index contributed by atoms with van der Waals surface area (Å²) < 4.78 is 18.9. The van der Waals surface area contributed by atoms with Crippen molar-refractivity contribution in [3.05, 3.63) is 46.0 Å². The van der Waals surface area contributed by atoms with Crippen LogP contribution in [0, 0.1) is 5.82 Å². The molecule has 0 saturated carbocycles. The first kappa shape index (κ1) is 12.6. The van der Waals surface area contributed by atoms with E-state index in [2.05, 4.69) is 26.4 Å². The summed E-state index contributed by atoms with van der Waals surface area (Å²) in [7, 11) is 0. The molecule has 1 aromatic carbocycles. The topological polar surface area (TPSA) is 75.4 Å². The smallest absolute Gasteiger partial charge is 0.358 e. The highest BCUT2D eigenvalue weighted by Crippen LogP contribution is 2.20. The molecule has 2 N–H and O–H groups in total. The molecule has 0 bridgehead atoms. The lowest BCUT2D eigenvalue weighted by Gasteiger charge is -2.05. The molecule has 0 spiro atoms. The summed E-state index contributed by atoms with van der Waals surface area (Å²) in [6.45, 7) is 0.152. The molecule has 18 heavy (non-hydrogen) atoms. The second kappa shape index (κ2) is 5.18. The van der Waals surface area contributed by atoms with E-state index in [1.54, 1.807) is 12.1 Å². The van der Waals surface area contributed by atoms with Crippen molar-refractivity contribution in [3.8, 4) is 0 Å². The van der Waals surface area contributed by atoms with Gasteiger partial charge in [0.1, 0.15) is 5.82 Å². The molecule has 0 atom stereocenters. The van der Waals surface area contributed by atoms with Gasteiger partial charge >= 0.3 is 5.97 Å². The first-order valence-electron chi connectivity index (χ1n) is 4.94. The quantitative estimate of drug-likeness (QED) is 0.907. The zero-order chi connectivity index (χ0) is 13.1. The number of carbonyl (C=O) groups is 1. The standard InChI is InChI=1S/C11H8BrFN2O3/c12-6-1-2-9(8(13)3-6)14-5-7-4-10(11(16)17)15-18-7/h1-4,14H,5H2,(H,16,17). The third kappa shape index (κ3) is 2.86. The molecule has 1 aromatic heterocycles. The van der Waals surface area contributed by atoms with Gasteiger partial charge in [-0.3, -0.25) is 0 Å². The summed E-state index contributed by atoms with van der Waals surface area (Å²) in [4.78, 5) is 10.6. The van der Waals surface area contributed by atoms with Crippen LogP contribution >= 0.6 is 15.9 Å². The molecule has 0 amide bonds. The first-order valence-corrected chi connectivity index (χ1v) is 5.73. The summed E-state index contributed by atoms with van der Waals surface area (Å²) in [5.74, 6) is -1.27. The minimum atomic E-state index is -1.17. The van der Waals surface area contributed by atoms with Crippen molar-refractivity contribution < 1.29 is 18.8 Å². The minimum absolute atomic E-state index is 0.152. The van der Waals surface area contributed by atoms with Gasteiger partial charge in [0, 0.05) is 10.5 Å². The number of nitrogens with zero attached hydrogens (tertiary/aromatic N) is 1. The van der Waals surface area contributed by atoms with E-state index in [1.165, 1.54) is 12.1 Å². The van der Waals surface area contributed by atoms with E-state index in [0.717, 1.165) is 0 Å². The second-order valence-electron chi connectivity index (χ2n) is 3.46. The van der Waals surface area contributed by atoms with Crippen molar-refractivity contribution >= 4 is 27.6 Å². The molecule has 94 valence electrons. The zero-order valence-electron chi connectivity index (χ0n) is 8.98. The highest BCUT2D eigenvalue weighted by molar-refractivity contribution is 9.10. The molecule has 7 heteroatoms. The van der Waals surface area contributed by atoms with E-state index in [-0.39, 0.29) is 12.2 Å². The molecule has 2 aromatic rings. The molecule has 0 saturated heterocycles. The van der Waals surface area contributed by atoms with Crippen molar-refractivity contribution in [3.63, 3.8) is 0 Å². The number of hydrogen-bond acceptors (Lipinski definition) is 4. The number of rotatable bonds is 4. The van der Waals surface area contributed by atoms with Gasteiger partial charge in [-0.1, -0.05) is 21.1 Å². The lowest BCUT2D eigenvalue weighted by atomic mass is 10.3. The number of nitrogens with one attached hydrogen (secondary N) is 1. The number of hydrogen-bond donors (Lipinski definition) is 2. The Labute approximate surface area is 110 Å². The van der Waals surface area contributed by atoms with Gasteiger partial charge in [-0.15, -0.1) is 0 Å². The molecule has 5 nitrogen and oxygen atoms in total. The van der Waals surface area contributed by atoms with Gasteiger partial charge in [-0.05, 0) is 18.2 Å². The van der Waals surface area contributed by atoms with Crippen molar-refractivity contribution in [1.82, 2.24) is 5.16 Å². The summed E-state index contributed by atoms with van der Waals surface area (Å²) in [5.41, 5.74) is 0.120. The molecule has 2 rings (SSSR count). The fourth-order valence-corrected chi connectivity index (χ4v) is 1.65. The Morgan fingerprint density at radius 2 is 2.28 bits per heavy atom. The lowest BCUT2D eigenvalue weighted by Crippen LogP contribution is -2.00. The highest BCUT2D eigenvalue weighted by Gasteiger charge is 2.11. The summed E-state index contributed by atoms with van der Waals surface area (Å²) in [6.07, 6.45) is 0. The predicted octanol–water partition coefficient (Wildman–Crippen LogP) is 2.89. The van der Waals surface area contributed by atoms with Crippen LogP contribution < -0.4 is 5.32 Å². The van der Waals surface area contributed by atoms with Crippen LogP contribution in [-0.4, -0.2) is 16.2 Å². The van der Waals surface area contributed by atoms with Crippen LogP contribution in [0.15, 0.2) is 33.3 Å². The lowest BCUT2D eigenvalue weighted by molar-refractivity contribution is 0.0685. The van der Waals surface area contributed by atoms with Crippen molar-refractivity contribution in [2.24, 2.45) is 0 Å². The second-order valence-corrected chi connectivity index (χ2v) is 4.38. The van der Waals surface area contributed by atoms with Gasteiger partial charge in [-0.25, -0.2) is 9.18 Å². The Kier molecular flexibility index (Phi) is 3.61. The third-order valence-electron chi connectivity index (χ3n) is 2.16. The van der Waals surface area contributed by atoms with E-state index in [1.807, 2.05) is 0 Å². The van der Waals surface area contributed by atoms with Gasteiger partial charge in [0.2, 0.25) is 0 Å². The molecular formula is C11H8BrFN2O3. The molecule has 0 fully saturated rings. The van der Waals surface area contributed by atoms with E-state index >= 15 is 0 Å². The Bertz CT molecular complexity index is 585. The van der Waals surface area contributed by atoms with Crippen molar-refractivity contribution in [1.29, 1.82) is 0 Å². The van der Waals surface area contributed by atoms with Gasteiger partial charge in [-0.2, -0.15) is 0 Å². The fourth-order valence-electron chi connectivity index (χ4n) is 1.31. The average molecular weight is 315 g/mol. The monoisotopic (exact) mass is 314 g/mol. The van der Waals surface area contributed by atoms with Crippen LogP contribution in [0.3, 0.4) is 0 Å². The van der Waals surface area contributed by atoms with Gasteiger partial charge in [0.05, 0.1) is 12.2 Å². The van der Waals surface area contributed by atoms with E-state index in [0.29, 0.717) is 15.9 Å². The fraction of sp³-hybridized carbons (Fsp3) is 0.0909. The zero-order valence-corrected chi connectivity index (χ0v) is 10.6. The Morgan fingerprint density at radius 1 is 1.50 bits per heavy atom. The third-order valence-corrected chi connectivity index (χ3v) is 2.66. The van der Waals surface area contributed by atoms with Crippen LogP contribution in [0.1, 0.15) is 16.2 Å². The van der Waals surface area contributed by atoms with Gasteiger partial charge in [0.25, 0.3) is 0 Å². The van der Waals surface area contributed by atoms with Crippen molar-refractivity contribution in [2.75, 3.05) is 5.32 Å². The molecule has 0 radical (unpaired) electrons. The van der Waals surface area contributed by atoms with E-state index in [9.17, 15) is 9.18 Å². The maximum atomic E-state index is 13.5. The maximum Gasteiger partial charge on any atom is 0.358 e. The highest BCUT2D eigenvalue weighted by atomic mass is 79.9. The molecule has 0 aliphatic carbocycles. The van der Waals surface area contributed by atoms with Crippen LogP contribution in [0.5, 0.6) is 0 Å². The molecule has 0 aliphatic heterocycles. The predicted molar refractivity (Wildman–Crippen MR) is 64.9 cm³/mol. The van der Waals surface area contributed by atoms with Crippen molar-refractivity contribution in [2.45, 2.75) is 6.54 Å². The van der Waals surface area contributed by atoms with Gasteiger partial charge in [0.15, 0.2) is 11.5 Å². The molecule has 1 heterocycles. The minimum Gasteiger partial charge on any atom is -0.476 e. The van der Waals surface area contributed by atoms with Gasteiger partial charge < -0.3 is 14.9 Å². The SMILES string of the molecule is O=C(O)c1cc(CNc2ccc(Br)cc2F)on1. The molecule has 0 unspecified atom stereocenters. The number of benzene rings is 1. The molecule has 0 aliphatic rings. The Balaban J connectivity index is 2.04. The Hall–Kier alpha value is -1.89. The Morgan fingerprint density at radius 3 is 2.89 bits per heavy atom. The number of carboxylic acid groups (broad SMARTS) is 1. The number of aromatic carboxylic acids is 1. The largest absolute Gasteiger partial charge is 0.476 e. The number of anilines is 1. The number of halogens is 2. The van der Waals surface area contributed by atoms with E-state index in [4.69, 9.17) is 9.63 Å². The summed E-state index contributed by atoms with van der Waals surface area (Å²) in [6, 6.07) is 5.86. The maximum absolute atomic E-state index is 13.5. The van der Waals surface area contributed by atoms with Crippen LogP contribution in [0.2, 0.25) is 0 Å². The number of carboxylic acids is 1. The summed E-state index contributed by atoms with van der Waals surface area (Å²) >= 11 is 3.15. The normalized spacial score (nSPS) is 10.3. The van der Waals surface area contributed by atoms with E-state index < -0.39 is 11.8 Å². The number of aromatic nitrogens is 1. The first-order chi connectivity index (χ1) is 8.56. The molecular weight excluding hydrogens is 307 g/mol. The average Bonchev–Trinajstić information content (AvgIpc) is 2.76. The van der Waals surface area contributed by atoms with Crippen LogP contribution in [0.25, 0.3) is 0 Å².